The van der Waals surface area contributed by atoms with Crippen molar-refractivity contribution >= 4 is 5.78 Å². The summed E-state index contributed by atoms with van der Waals surface area (Å²) in [7, 11) is 0. The first kappa shape index (κ1) is 14.9. The van der Waals surface area contributed by atoms with Crippen molar-refractivity contribution in [2.45, 2.75) is 47.1 Å². The molecule has 0 atom stereocenters. The van der Waals surface area contributed by atoms with Crippen LogP contribution in [0.15, 0.2) is 24.3 Å². The van der Waals surface area contributed by atoms with Gasteiger partial charge in [0.15, 0.2) is 5.78 Å². The molecule has 1 aromatic carbocycles. The lowest BCUT2D eigenvalue weighted by Crippen LogP contribution is -2.20. The molecule has 1 aromatic rings. The quantitative estimate of drug-likeness (QED) is 0.556. The van der Waals surface area contributed by atoms with Gasteiger partial charge in [0.1, 0.15) is 0 Å². The molecule has 0 saturated carbocycles. The molecule has 2 nitrogen and oxygen atoms in total. The second kappa shape index (κ2) is 6.69. The summed E-state index contributed by atoms with van der Waals surface area (Å²) in [5.74, 6) is 0.181. The summed E-state index contributed by atoms with van der Waals surface area (Å²) in [4.78, 5) is 12.0. The van der Waals surface area contributed by atoms with E-state index < -0.39 is 0 Å². The molecule has 0 aromatic heterocycles. The zero-order valence-corrected chi connectivity index (χ0v) is 12.0. The third kappa shape index (κ3) is 4.61. The summed E-state index contributed by atoms with van der Waals surface area (Å²) < 4.78 is 5.54. The fourth-order valence-electron chi connectivity index (χ4n) is 1.62. The molecule has 1 rings (SSSR count). The van der Waals surface area contributed by atoms with Gasteiger partial charge in [-0.2, -0.15) is 0 Å². The zero-order valence-electron chi connectivity index (χ0n) is 12.0. The van der Waals surface area contributed by atoms with Crippen molar-refractivity contribution in [3.63, 3.8) is 0 Å². The lowest BCUT2D eigenvalue weighted by Gasteiger charge is -2.16. The molecule has 2 heteroatoms. The number of Topliss-reactive ketones (excluding diaryl/α,β-unsaturated/α-hetero) is 1. The third-order valence-electron chi connectivity index (χ3n) is 2.81. The van der Waals surface area contributed by atoms with Gasteiger partial charge in [-0.1, -0.05) is 58.4 Å². The molecule has 0 radical (unpaired) electrons. The third-order valence-corrected chi connectivity index (χ3v) is 2.81. The molecule has 0 aliphatic carbocycles. The first-order chi connectivity index (χ1) is 8.45. The van der Waals surface area contributed by atoms with Crippen LogP contribution in [0.3, 0.4) is 0 Å². The topological polar surface area (TPSA) is 26.3 Å². The van der Waals surface area contributed by atoms with Gasteiger partial charge < -0.3 is 4.74 Å². The van der Waals surface area contributed by atoms with Gasteiger partial charge in [-0.25, -0.2) is 0 Å². The Morgan fingerprint density at radius 1 is 1.17 bits per heavy atom. The molecule has 100 valence electrons. The van der Waals surface area contributed by atoms with Crippen LogP contribution in [0.2, 0.25) is 0 Å². The van der Waals surface area contributed by atoms with E-state index in [1.807, 2.05) is 45.0 Å². The lowest BCUT2D eigenvalue weighted by atomic mass is 9.86. The predicted octanol–water partition coefficient (Wildman–Crippen LogP) is 4.23. The second-order valence-corrected chi connectivity index (χ2v) is 5.68. The zero-order chi connectivity index (χ0) is 13.6. The van der Waals surface area contributed by atoms with Crippen LogP contribution in [0.4, 0.5) is 0 Å². The Kier molecular flexibility index (Phi) is 5.54. The van der Waals surface area contributed by atoms with Crippen LogP contribution < -0.4 is 0 Å². The highest BCUT2D eigenvalue weighted by Gasteiger charge is 2.22. The Balaban J connectivity index is 2.55. The minimum Gasteiger partial charge on any atom is -0.377 e. The molecule has 0 N–H and O–H groups in total. The van der Waals surface area contributed by atoms with Crippen LogP contribution in [-0.2, 0) is 11.3 Å². The Labute approximate surface area is 110 Å². The Bertz CT molecular complexity index is 371. The van der Waals surface area contributed by atoms with Crippen LogP contribution in [0.25, 0.3) is 0 Å². The number of ether oxygens (including phenoxy) is 1. The van der Waals surface area contributed by atoms with Gasteiger partial charge in [-0.05, 0) is 12.0 Å². The van der Waals surface area contributed by atoms with Gasteiger partial charge in [0, 0.05) is 17.6 Å². The van der Waals surface area contributed by atoms with Gasteiger partial charge in [0.05, 0.1) is 6.61 Å². The average molecular weight is 248 g/mol. The Morgan fingerprint density at radius 3 is 2.28 bits per heavy atom. The second-order valence-electron chi connectivity index (χ2n) is 5.68. The molecule has 0 heterocycles. The summed E-state index contributed by atoms with van der Waals surface area (Å²) in [6.07, 6.45) is 2.25. The van der Waals surface area contributed by atoms with E-state index in [9.17, 15) is 4.79 Å². The van der Waals surface area contributed by atoms with E-state index >= 15 is 0 Å². The van der Waals surface area contributed by atoms with Crippen molar-refractivity contribution in [2.75, 3.05) is 6.61 Å². The molecule has 0 bridgehead atoms. The molecule has 0 saturated heterocycles. The number of unbranched alkanes of at least 4 members (excludes halogenated alkanes) is 1. The fraction of sp³-hybridized carbons (Fsp3) is 0.562. The van der Waals surface area contributed by atoms with Crippen molar-refractivity contribution in [3.8, 4) is 0 Å². The van der Waals surface area contributed by atoms with E-state index in [0.29, 0.717) is 6.61 Å². The number of ketones is 1. The van der Waals surface area contributed by atoms with Gasteiger partial charge >= 0.3 is 0 Å². The number of rotatable bonds is 6. The maximum absolute atomic E-state index is 12.0. The van der Waals surface area contributed by atoms with E-state index in [1.165, 1.54) is 0 Å². The highest BCUT2D eigenvalue weighted by molar-refractivity contribution is 5.99. The van der Waals surface area contributed by atoms with Crippen LogP contribution in [0, 0.1) is 5.41 Å². The average Bonchev–Trinajstić information content (AvgIpc) is 2.33. The molecule has 0 amide bonds. The molecule has 0 fully saturated rings. The molecule has 0 aliphatic rings. The SMILES string of the molecule is CCCCOCc1ccc(C(=O)C(C)(C)C)cc1. The molecular weight excluding hydrogens is 224 g/mol. The number of hydrogen-bond acceptors (Lipinski definition) is 2. The predicted molar refractivity (Wildman–Crippen MR) is 74.8 cm³/mol. The first-order valence-corrected chi connectivity index (χ1v) is 6.66. The number of carbonyl (C=O) groups is 1. The molecular formula is C16H24O2. The van der Waals surface area contributed by atoms with E-state index in [4.69, 9.17) is 4.74 Å². The van der Waals surface area contributed by atoms with Crippen molar-refractivity contribution < 1.29 is 9.53 Å². The standard InChI is InChI=1S/C16H24O2/c1-5-6-11-18-12-13-7-9-14(10-8-13)15(17)16(2,3)4/h7-10H,5-6,11-12H2,1-4H3. The van der Waals surface area contributed by atoms with Crippen LogP contribution in [0.5, 0.6) is 0 Å². The Hall–Kier alpha value is -1.15. The van der Waals surface area contributed by atoms with Gasteiger partial charge in [-0.3, -0.25) is 4.79 Å². The first-order valence-electron chi connectivity index (χ1n) is 6.66. The van der Waals surface area contributed by atoms with Gasteiger partial charge in [0.2, 0.25) is 0 Å². The molecule has 0 unspecified atom stereocenters. The van der Waals surface area contributed by atoms with Crippen molar-refractivity contribution in [2.24, 2.45) is 5.41 Å². The van der Waals surface area contributed by atoms with E-state index in [0.717, 1.165) is 30.6 Å². The molecule has 0 aliphatic heterocycles. The minimum absolute atomic E-state index is 0.181. The van der Waals surface area contributed by atoms with Crippen molar-refractivity contribution in [3.05, 3.63) is 35.4 Å². The summed E-state index contributed by atoms with van der Waals surface area (Å²) in [6, 6.07) is 7.74. The molecule has 18 heavy (non-hydrogen) atoms. The Morgan fingerprint density at radius 2 is 1.78 bits per heavy atom. The lowest BCUT2D eigenvalue weighted by molar-refractivity contribution is 0.0858. The van der Waals surface area contributed by atoms with E-state index in [-0.39, 0.29) is 11.2 Å². The largest absolute Gasteiger partial charge is 0.377 e. The highest BCUT2D eigenvalue weighted by Crippen LogP contribution is 2.21. The summed E-state index contributed by atoms with van der Waals surface area (Å²) >= 11 is 0. The fourth-order valence-corrected chi connectivity index (χ4v) is 1.62. The summed E-state index contributed by atoms with van der Waals surface area (Å²) in [6.45, 7) is 9.41. The van der Waals surface area contributed by atoms with Gasteiger partial charge in [-0.15, -0.1) is 0 Å². The van der Waals surface area contributed by atoms with Crippen LogP contribution >= 0.6 is 0 Å². The van der Waals surface area contributed by atoms with Crippen LogP contribution in [0.1, 0.15) is 56.5 Å². The maximum atomic E-state index is 12.0. The monoisotopic (exact) mass is 248 g/mol. The normalized spacial score (nSPS) is 11.6. The van der Waals surface area contributed by atoms with Gasteiger partial charge in [0.25, 0.3) is 0 Å². The van der Waals surface area contributed by atoms with Crippen molar-refractivity contribution in [1.29, 1.82) is 0 Å². The number of benzene rings is 1. The summed E-state index contributed by atoms with van der Waals surface area (Å²) in [5.41, 5.74) is 1.58. The number of hydrogen-bond donors (Lipinski definition) is 0. The highest BCUT2D eigenvalue weighted by atomic mass is 16.5. The smallest absolute Gasteiger partial charge is 0.168 e. The maximum Gasteiger partial charge on any atom is 0.168 e. The van der Waals surface area contributed by atoms with E-state index in [2.05, 4.69) is 6.92 Å². The van der Waals surface area contributed by atoms with Crippen molar-refractivity contribution in [1.82, 2.24) is 0 Å². The molecule has 0 spiro atoms. The van der Waals surface area contributed by atoms with Crippen LogP contribution in [-0.4, -0.2) is 12.4 Å². The minimum atomic E-state index is -0.320. The number of carbonyl (C=O) groups excluding carboxylic acids is 1. The summed E-state index contributed by atoms with van der Waals surface area (Å²) in [5, 5.41) is 0. The van der Waals surface area contributed by atoms with E-state index in [1.54, 1.807) is 0 Å².